The maximum Gasteiger partial charge on any atom is 0.147 e. The van der Waals surface area contributed by atoms with Gasteiger partial charge < -0.3 is 19.7 Å². The molecule has 0 radical (unpaired) electrons. The van der Waals surface area contributed by atoms with Crippen LogP contribution in [0.25, 0.3) is 0 Å². The zero-order chi connectivity index (χ0) is 26.2. The number of hydrogen-bond acceptors (Lipinski definition) is 8. The first-order chi connectivity index (χ1) is 17.9. The van der Waals surface area contributed by atoms with Gasteiger partial charge in [-0.2, -0.15) is 0 Å². The molecule has 0 aliphatic rings. The van der Waals surface area contributed by atoms with Crippen LogP contribution >= 0.6 is 23.2 Å². The zero-order valence-corrected chi connectivity index (χ0v) is 21.1. The summed E-state index contributed by atoms with van der Waals surface area (Å²) >= 11 is 12.0. The second-order valence-electron chi connectivity index (χ2n) is 7.84. The quantitative estimate of drug-likeness (QED) is 0.208. The van der Waals surface area contributed by atoms with Crippen molar-refractivity contribution in [2.24, 2.45) is 20.5 Å². The molecule has 0 saturated carbocycles. The Labute approximate surface area is 223 Å². The first-order valence-corrected chi connectivity index (χ1v) is 11.9. The molecule has 0 saturated heterocycles. The summed E-state index contributed by atoms with van der Waals surface area (Å²) in [5.74, 6) is 0.922. The average molecular weight is 537 g/mol. The Morgan fingerprint density at radius 2 is 1.11 bits per heavy atom. The van der Waals surface area contributed by atoms with Crippen LogP contribution in [0.15, 0.2) is 105 Å². The van der Waals surface area contributed by atoms with Gasteiger partial charge in [0, 0.05) is 10.0 Å². The maximum atomic E-state index is 9.96. The van der Waals surface area contributed by atoms with Crippen molar-refractivity contribution in [2.75, 3.05) is 6.61 Å². The smallest absolute Gasteiger partial charge is 0.147 e. The van der Waals surface area contributed by atoms with E-state index in [4.69, 9.17) is 32.7 Å². The number of azo groups is 2. The van der Waals surface area contributed by atoms with Crippen LogP contribution in [0.5, 0.6) is 23.0 Å². The van der Waals surface area contributed by atoms with Gasteiger partial charge in [0.2, 0.25) is 0 Å². The third-order valence-electron chi connectivity index (χ3n) is 4.94. The number of benzene rings is 4. The first-order valence-electron chi connectivity index (χ1n) is 11.2. The molecule has 0 fully saturated rings. The topological polar surface area (TPSA) is 108 Å². The van der Waals surface area contributed by atoms with E-state index in [9.17, 15) is 10.2 Å². The molecule has 10 heteroatoms. The number of phenolic OH excluding ortho intramolecular Hbond substituents is 2. The molecule has 4 rings (SSSR count). The normalized spacial score (nSPS) is 12.2. The molecule has 0 bridgehead atoms. The number of phenols is 2. The van der Waals surface area contributed by atoms with Gasteiger partial charge >= 0.3 is 0 Å². The van der Waals surface area contributed by atoms with E-state index in [1.165, 1.54) is 24.3 Å². The highest BCUT2D eigenvalue weighted by molar-refractivity contribution is 6.31. The molecular weight excluding hydrogens is 515 g/mol. The van der Waals surface area contributed by atoms with Crippen LogP contribution in [0.4, 0.5) is 22.7 Å². The summed E-state index contributed by atoms with van der Waals surface area (Å²) in [6.45, 7) is 2.06. The number of aromatic hydroxyl groups is 2. The van der Waals surface area contributed by atoms with Crippen LogP contribution in [-0.4, -0.2) is 22.9 Å². The largest absolute Gasteiger partial charge is 0.506 e. The van der Waals surface area contributed by atoms with Gasteiger partial charge in [0.25, 0.3) is 0 Å². The Morgan fingerprint density at radius 3 is 1.68 bits per heavy atom. The molecule has 1 unspecified atom stereocenters. The number of nitrogens with zero attached hydrogens (tertiary/aromatic N) is 4. The van der Waals surface area contributed by atoms with Crippen LogP contribution in [0.3, 0.4) is 0 Å². The highest BCUT2D eigenvalue weighted by Crippen LogP contribution is 2.35. The Balaban J connectivity index is 1.43. The first kappa shape index (κ1) is 25.9. The van der Waals surface area contributed by atoms with E-state index in [-0.39, 0.29) is 35.6 Å². The predicted octanol–water partition coefficient (Wildman–Crippen LogP) is 9.08. The van der Waals surface area contributed by atoms with E-state index >= 15 is 0 Å². The van der Waals surface area contributed by atoms with E-state index in [0.717, 1.165) is 0 Å². The Bertz CT molecular complexity index is 1450. The van der Waals surface area contributed by atoms with E-state index in [0.29, 0.717) is 32.9 Å². The van der Waals surface area contributed by atoms with Gasteiger partial charge in [-0.15, -0.1) is 20.5 Å². The fraction of sp³-hybridized carbons (Fsp3) is 0.111. The molecule has 4 aromatic carbocycles. The lowest BCUT2D eigenvalue weighted by molar-refractivity contribution is 0.144. The molecule has 0 aliphatic heterocycles. The van der Waals surface area contributed by atoms with Crippen molar-refractivity contribution in [3.63, 3.8) is 0 Å². The minimum Gasteiger partial charge on any atom is -0.506 e. The summed E-state index contributed by atoms with van der Waals surface area (Å²) in [6.07, 6.45) is -0.363. The van der Waals surface area contributed by atoms with E-state index in [2.05, 4.69) is 20.5 Å². The molecule has 8 nitrogen and oxygen atoms in total. The fourth-order valence-electron chi connectivity index (χ4n) is 3.13. The van der Waals surface area contributed by atoms with Crippen molar-refractivity contribution in [3.05, 3.63) is 95.0 Å². The van der Waals surface area contributed by atoms with Crippen LogP contribution in [0.1, 0.15) is 6.92 Å². The van der Waals surface area contributed by atoms with Gasteiger partial charge in [0.1, 0.15) is 58.5 Å². The van der Waals surface area contributed by atoms with Crippen molar-refractivity contribution in [1.29, 1.82) is 0 Å². The molecular formula is C27H22Cl2N4O4. The van der Waals surface area contributed by atoms with Crippen LogP contribution < -0.4 is 9.47 Å². The number of hydrogen-bond donors (Lipinski definition) is 2. The van der Waals surface area contributed by atoms with Gasteiger partial charge in [-0.05, 0) is 67.6 Å². The van der Waals surface area contributed by atoms with Crippen LogP contribution in [0, 0.1) is 0 Å². The van der Waals surface area contributed by atoms with Gasteiger partial charge in [-0.1, -0.05) is 47.5 Å². The minimum atomic E-state index is -0.363. The van der Waals surface area contributed by atoms with Gasteiger partial charge in [0.15, 0.2) is 0 Å². The summed E-state index contributed by atoms with van der Waals surface area (Å²) in [6, 6.07) is 23.3. The SMILES string of the molecule is CC(COc1ccccc1N=Nc1cc(Cl)ccc1O)Oc1ccccc1N=Nc1cc(Cl)ccc1O. The maximum absolute atomic E-state index is 9.96. The molecule has 37 heavy (non-hydrogen) atoms. The third kappa shape index (κ3) is 7.19. The molecule has 0 aliphatic carbocycles. The zero-order valence-electron chi connectivity index (χ0n) is 19.6. The van der Waals surface area contributed by atoms with Crippen molar-refractivity contribution in [1.82, 2.24) is 0 Å². The Morgan fingerprint density at radius 1 is 0.649 bits per heavy atom. The van der Waals surface area contributed by atoms with E-state index in [1.807, 2.05) is 19.1 Å². The van der Waals surface area contributed by atoms with Crippen molar-refractivity contribution in [2.45, 2.75) is 13.0 Å². The van der Waals surface area contributed by atoms with Gasteiger partial charge in [0.05, 0.1) is 0 Å². The fourth-order valence-corrected chi connectivity index (χ4v) is 3.46. The summed E-state index contributed by atoms with van der Waals surface area (Å²) in [4.78, 5) is 0. The number of ether oxygens (including phenoxy) is 2. The van der Waals surface area contributed by atoms with E-state index < -0.39 is 0 Å². The number of rotatable bonds is 9. The predicted molar refractivity (Wildman–Crippen MR) is 143 cm³/mol. The molecule has 4 aromatic rings. The standard InChI is InChI=1S/C27H22Cl2N4O4/c1-17(37-27-9-5-3-7-21(27)31-33-23-15-19(29)11-13-25(23)35)16-36-26-8-4-2-6-20(26)30-32-22-14-18(28)10-12-24(22)34/h2-15,17,34-35H,16H2,1H3. The molecule has 188 valence electrons. The molecule has 0 heterocycles. The summed E-state index contributed by atoms with van der Waals surface area (Å²) in [7, 11) is 0. The molecule has 1 atom stereocenters. The second-order valence-corrected chi connectivity index (χ2v) is 8.71. The number of halogens is 2. The Kier molecular flexibility index (Phi) is 8.56. The second kappa shape index (κ2) is 12.2. The lowest BCUT2D eigenvalue weighted by Gasteiger charge is -2.17. The third-order valence-corrected chi connectivity index (χ3v) is 5.41. The minimum absolute atomic E-state index is 0.0324. The van der Waals surface area contributed by atoms with Crippen molar-refractivity contribution >= 4 is 46.0 Å². The Hall–Kier alpha value is -4.14. The molecule has 0 spiro atoms. The lowest BCUT2D eigenvalue weighted by atomic mass is 10.3. The average Bonchev–Trinajstić information content (AvgIpc) is 2.89. The lowest BCUT2D eigenvalue weighted by Crippen LogP contribution is -2.21. The van der Waals surface area contributed by atoms with Crippen molar-refractivity contribution in [3.8, 4) is 23.0 Å². The molecule has 2 N–H and O–H groups in total. The monoisotopic (exact) mass is 536 g/mol. The van der Waals surface area contributed by atoms with Gasteiger partial charge in [-0.25, -0.2) is 0 Å². The molecule has 0 aromatic heterocycles. The molecule has 0 amide bonds. The summed E-state index contributed by atoms with van der Waals surface area (Å²) < 4.78 is 12.0. The van der Waals surface area contributed by atoms with Gasteiger partial charge in [-0.3, -0.25) is 0 Å². The highest BCUT2D eigenvalue weighted by atomic mass is 35.5. The summed E-state index contributed by atoms with van der Waals surface area (Å²) in [5, 5.41) is 37.4. The highest BCUT2D eigenvalue weighted by Gasteiger charge is 2.11. The number of para-hydroxylation sites is 2. The van der Waals surface area contributed by atoms with Crippen molar-refractivity contribution < 1.29 is 19.7 Å². The van der Waals surface area contributed by atoms with Crippen LogP contribution in [-0.2, 0) is 0 Å². The van der Waals surface area contributed by atoms with Crippen LogP contribution in [0.2, 0.25) is 10.0 Å². The van der Waals surface area contributed by atoms with E-state index in [1.54, 1.807) is 48.5 Å². The summed E-state index contributed by atoms with van der Waals surface area (Å²) in [5.41, 5.74) is 1.44.